The molecule has 0 aromatic heterocycles. The van der Waals surface area contributed by atoms with E-state index in [-0.39, 0.29) is 6.61 Å². The van der Waals surface area contributed by atoms with Crippen LogP contribution < -0.4 is 5.32 Å². The molecule has 2 atom stereocenters. The Kier molecular flexibility index (Phi) is 4.22. The Labute approximate surface area is 98.2 Å². The van der Waals surface area contributed by atoms with E-state index in [9.17, 15) is 10.2 Å². The van der Waals surface area contributed by atoms with Gasteiger partial charge in [0.1, 0.15) is 0 Å². The van der Waals surface area contributed by atoms with Gasteiger partial charge in [0.15, 0.2) is 0 Å². The minimum atomic E-state index is -0.461. The summed E-state index contributed by atoms with van der Waals surface area (Å²) in [7, 11) is 0. The third-order valence-electron chi connectivity index (χ3n) is 4.37. The van der Waals surface area contributed by atoms with Crippen LogP contribution in [0.3, 0.4) is 0 Å². The number of aliphatic hydroxyl groups is 2. The van der Waals surface area contributed by atoms with Crippen molar-refractivity contribution >= 4 is 0 Å². The molecular formula is C13H25NO2. The third kappa shape index (κ3) is 2.96. The van der Waals surface area contributed by atoms with E-state index in [0.717, 1.165) is 38.5 Å². The van der Waals surface area contributed by atoms with E-state index in [1.165, 1.54) is 12.8 Å². The van der Waals surface area contributed by atoms with Crippen molar-refractivity contribution in [2.24, 2.45) is 5.92 Å². The molecule has 3 heteroatoms. The van der Waals surface area contributed by atoms with Crippen molar-refractivity contribution in [3.05, 3.63) is 0 Å². The molecule has 0 aromatic carbocycles. The van der Waals surface area contributed by atoms with E-state index in [1.54, 1.807) is 0 Å². The van der Waals surface area contributed by atoms with E-state index >= 15 is 0 Å². The van der Waals surface area contributed by atoms with Crippen LogP contribution in [0.15, 0.2) is 0 Å². The first kappa shape index (κ1) is 12.3. The van der Waals surface area contributed by atoms with Crippen LogP contribution in [-0.4, -0.2) is 35.0 Å². The highest BCUT2D eigenvalue weighted by Gasteiger charge is 2.33. The predicted molar refractivity (Wildman–Crippen MR) is 64.3 cm³/mol. The van der Waals surface area contributed by atoms with Crippen LogP contribution in [0.2, 0.25) is 0 Å². The lowest BCUT2D eigenvalue weighted by molar-refractivity contribution is 0.0373. The molecular weight excluding hydrogens is 202 g/mol. The smallest absolute Gasteiger partial charge is 0.0771 e. The van der Waals surface area contributed by atoms with Gasteiger partial charge in [-0.05, 0) is 31.6 Å². The van der Waals surface area contributed by atoms with Crippen LogP contribution in [0.5, 0.6) is 0 Å². The van der Waals surface area contributed by atoms with Gasteiger partial charge in [0.05, 0.1) is 5.60 Å². The second-order valence-corrected chi connectivity index (χ2v) is 5.65. The van der Waals surface area contributed by atoms with Crippen molar-refractivity contribution in [2.45, 2.75) is 63.0 Å². The maximum absolute atomic E-state index is 10.3. The molecule has 0 radical (unpaired) electrons. The van der Waals surface area contributed by atoms with Gasteiger partial charge in [-0.2, -0.15) is 0 Å². The number of hydrogen-bond acceptors (Lipinski definition) is 3. The highest BCUT2D eigenvalue weighted by atomic mass is 16.3. The fourth-order valence-electron chi connectivity index (χ4n) is 3.23. The van der Waals surface area contributed by atoms with Gasteiger partial charge < -0.3 is 15.5 Å². The Hall–Kier alpha value is -0.120. The second-order valence-electron chi connectivity index (χ2n) is 5.65. The van der Waals surface area contributed by atoms with Gasteiger partial charge in [-0.1, -0.05) is 25.7 Å². The standard InChI is InChI=1S/C13H25NO2/c15-9-11-5-1-2-6-12(11)14-10-13(16)7-3-4-8-13/h11-12,14-16H,1-10H2. The Bertz CT molecular complexity index is 214. The van der Waals surface area contributed by atoms with E-state index in [0.29, 0.717) is 18.5 Å². The number of rotatable bonds is 4. The lowest BCUT2D eigenvalue weighted by Crippen LogP contribution is -2.47. The quantitative estimate of drug-likeness (QED) is 0.681. The van der Waals surface area contributed by atoms with Crippen LogP contribution in [0, 0.1) is 5.92 Å². The first-order valence-corrected chi connectivity index (χ1v) is 6.80. The summed E-state index contributed by atoms with van der Waals surface area (Å²) < 4.78 is 0. The largest absolute Gasteiger partial charge is 0.396 e. The summed E-state index contributed by atoms with van der Waals surface area (Å²) in [5.74, 6) is 0.402. The Morgan fingerprint density at radius 2 is 1.75 bits per heavy atom. The molecule has 3 N–H and O–H groups in total. The molecule has 2 aliphatic carbocycles. The molecule has 16 heavy (non-hydrogen) atoms. The van der Waals surface area contributed by atoms with Crippen molar-refractivity contribution < 1.29 is 10.2 Å². The first-order chi connectivity index (χ1) is 7.73. The highest BCUT2D eigenvalue weighted by Crippen LogP contribution is 2.30. The van der Waals surface area contributed by atoms with E-state index in [4.69, 9.17) is 0 Å². The number of hydrogen-bond donors (Lipinski definition) is 3. The molecule has 3 nitrogen and oxygen atoms in total. The lowest BCUT2D eigenvalue weighted by atomic mass is 9.84. The molecule has 2 saturated carbocycles. The van der Waals surface area contributed by atoms with E-state index in [1.807, 2.05) is 0 Å². The maximum Gasteiger partial charge on any atom is 0.0771 e. The van der Waals surface area contributed by atoms with Crippen LogP contribution in [0.4, 0.5) is 0 Å². The maximum atomic E-state index is 10.3. The molecule has 2 unspecified atom stereocenters. The summed E-state index contributed by atoms with van der Waals surface area (Å²) in [5.41, 5.74) is -0.461. The van der Waals surface area contributed by atoms with Gasteiger partial charge in [0.2, 0.25) is 0 Å². The highest BCUT2D eigenvalue weighted by molar-refractivity contribution is 4.89. The average Bonchev–Trinajstić information content (AvgIpc) is 2.74. The Morgan fingerprint density at radius 1 is 1.06 bits per heavy atom. The van der Waals surface area contributed by atoms with Crippen molar-refractivity contribution in [3.8, 4) is 0 Å². The molecule has 0 amide bonds. The third-order valence-corrected chi connectivity index (χ3v) is 4.37. The SMILES string of the molecule is OCC1CCCCC1NCC1(O)CCCC1. The molecule has 0 aliphatic heterocycles. The Morgan fingerprint density at radius 3 is 2.44 bits per heavy atom. The van der Waals surface area contributed by atoms with Gasteiger partial charge in [0, 0.05) is 19.2 Å². The van der Waals surface area contributed by atoms with Gasteiger partial charge in [-0.3, -0.25) is 0 Å². The van der Waals surface area contributed by atoms with Crippen molar-refractivity contribution in [1.29, 1.82) is 0 Å². The van der Waals surface area contributed by atoms with E-state index in [2.05, 4.69) is 5.32 Å². The molecule has 0 saturated heterocycles. The zero-order chi connectivity index (χ0) is 11.4. The monoisotopic (exact) mass is 227 g/mol. The number of aliphatic hydroxyl groups excluding tert-OH is 1. The summed E-state index contributed by atoms with van der Waals surface area (Å²) >= 11 is 0. The normalized spacial score (nSPS) is 34.1. The average molecular weight is 227 g/mol. The van der Waals surface area contributed by atoms with Crippen molar-refractivity contribution in [1.82, 2.24) is 5.32 Å². The molecule has 2 fully saturated rings. The van der Waals surface area contributed by atoms with Crippen LogP contribution in [-0.2, 0) is 0 Å². The van der Waals surface area contributed by atoms with E-state index < -0.39 is 5.60 Å². The minimum Gasteiger partial charge on any atom is -0.396 e. The molecule has 2 rings (SSSR count). The van der Waals surface area contributed by atoms with Gasteiger partial charge in [0.25, 0.3) is 0 Å². The topological polar surface area (TPSA) is 52.5 Å². The molecule has 0 aromatic rings. The van der Waals surface area contributed by atoms with Gasteiger partial charge in [-0.15, -0.1) is 0 Å². The molecule has 94 valence electrons. The summed E-state index contributed by atoms with van der Waals surface area (Å²) in [6.07, 6.45) is 8.99. The predicted octanol–water partition coefficient (Wildman–Crippen LogP) is 1.43. The zero-order valence-electron chi connectivity index (χ0n) is 10.1. The Balaban J connectivity index is 1.79. The molecule has 0 bridgehead atoms. The van der Waals surface area contributed by atoms with Crippen LogP contribution in [0.1, 0.15) is 51.4 Å². The lowest BCUT2D eigenvalue weighted by Gasteiger charge is -2.34. The van der Waals surface area contributed by atoms with Gasteiger partial charge >= 0.3 is 0 Å². The first-order valence-electron chi connectivity index (χ1n) is 6.80. The zero-order valence-corrected chi connectivity index (χ0v) is 10.1. The molecule has 0 spiro atoms. The van der Waals surface area contributed by atoms with Crippen LogP contribution >= 0.6 is 0 Å². The van der Waals surface area contributed by atoms with Gasteiger partial charge in [-0.25, -0.2) is 0 Å². The summed E-state index contributed by atoms with van der Waals surface area (Å²) in [5, 5.41) is 23.1. The summed E-state index contributed by atoms with van der Waals surface area (Å²) in [6.45, 7) is 1.00. The minimum absolute atomic E-state index is 0.288. The summed E-state index contributed by atoms with van der Waals surface area (Å²) in [6, 6.07) is 0.420. The fourth-order valence-corrected chi connectivity index (χ4v) is 3.23. The second kappa shape index (κ2) is 5.48. The molecule has 0 heterocycles. The van der Waals surface area contributed by atoms with Crippen molar-refractivity contribution in [3.63, 3.8) is 0 Å². The fraction of sp³-hybridized carbons (Fsp3) is 1.00. The molecule has 2 aliphatic rings. The number of nitrogens with one attached hydrogen (secondary N) is 1. The van der Waals surface area contributed by atoms with Crippen molar-refractivity contribution in [2.75, 3.05) is 13.2 Å². The van der Waals surface area contributed by atoms with Crippen LogP contribution in [0.25, 0.3) is 0 Å². The summed E-state index contributed by atoms with van der Waals surface area (Å²) in [4.78, 5) is 0.